The molecule has 2 N–H and O–H groups in total. The normalized spacial score (nSPS) is 24.6. The molecule has 0 spiro atoms. The highest BCUT2D eigenvalue weighted by Gasteiger charge is 2.44. The zero-order chi connectivity index (χ0) is 12.8. The number of carboxylic acids is 1. The predicted octanol–water partition coefficient (Wildman–Crippen LogP) is 0.947. The summed E-state index contributed by atoms with van der Waals surface area (Å²) < 4.78 is 5.29. The van der Waals surface area contributed by atoms with Crippen molar-refractivity contribution < 1.29 is 19.4 Å². The first kappa shape index (κ1) is 13.7. The first-order chi connectivity index (χ1) is 8.10. The Kier molecular flexibility index (Phi) is 5.15. The predicted molar refractivity (Wildman–Crippen MR) is 62.5 cm³/mol. The highest BCUT2D eigenvalue weighted by atomic mass is 16.5. The van der Waals surface area contributed by atoms with E-state index in [0.717, 1.165) is 0 Å². The van der Waals surface area contributed by atoms with Gasteiger partial charge in [-0.3, -0.25) is 4.79 Å². The molecule has 17 heavy (non-hydrogen) atoms. The van der Waals surface area contributed by atoms with Gasteiger partial charge in [0.25, 0.3) is 0 Å². The lowest BCUT2D eigenvalue weighted by Gasteiger charge is -2.12. The second-order valence-corrected chi connectivity index (χ2v) is 4.04. The number of hydrogen-bond donors (Lipinski definition) is 2. The Morgan fingerprint density at radius 3 is 2.82 bits per heavy atom. The van der Waals surface area contributed by atoms with E-state index in [1.807, 2.05) is 13.8 Å². The molecule has 0 aromatic rings. The van der Waals surface area contributed by atoms with Gasteiger partial charge in [0.15, 0.2) is 0 Å². The molecule has 0 saturated heterocycles. The Morgan fingerprint density at radius 2 is 2.29 bits per heavy atom. The Labute approximate surface area is 101 Å². The third kappa shape index (κ3) is 4.19. The van der Waals surface area contributed by atoms with Crippen molar-refractivity contribution in [2.24, 2.45) is 5.92 Å². The molecular formula is C12H19NO4. The van der Waals surface area contributed by atoms with Gasteiger partial charge in [0.1, 0.15) is 6.04 Å². The minimum atomic E-state index is -1.01. The number of aliphatic carboxylic acids is 1. The Hall–Kier alpha value is -1.36. The van der Waals surface area contributed by atoms with Crippen LogP contribution >= 0.6 is 0 Å². The van der Waals surface area contributed by atoms with Gasteiger partial charge in [-0.2, -0.15) is 0 Å². The molecule has 0 radical (unpaired) electrons. The van der Waals surface area contributed by atoms with Crippen LogP contribution in [0.1, 0.15) is 26.7 Å². The van der Waals surface area contributed by atoms with E-state index in [1.54, 1.807) is 12.2 Å². The maximum atomic E-state index is 11.7. The van der Waals surface area contributed by atoms with Crippen molar-refractivity contribution >= 4 is 11.9 Å². The van der Waals surface area contributed by atoms with Crippen molar-refractivity contribution in [1.82, 2.24) is 5.32 Å². The van der Waals surface area contributed by atoms with Crippen LogP contribution < -0.4 is 5.32 Å². The minimum Gasteiger partial charge on any atom is -0.480 e. The van der Waals surface area contributed by atoms with Crippen LogP contribution in [0.4, 0.5) is 0 Å². The molecule has 0 aromatic heterocycles. The number of ether oxygens (including phenoxy) is 1. The average Bonchev–Trinajstić information content (AvgIpc) is 3.03. The van der Waals surface area contributed by atoms with E-state index in [0.29, 0.717) is 19.4 Å². The van der Waals surface area contributed by atoms with Crippen LogP contribution in [0.15, 0.2) is 12.2 Å². The van der Waals surface area contributed by atoms with Crippen LogP contribution in [0.25, 0.3) is 0 Å². The summed E-state index contributed by atoms with van der Waals surface area (Å²) in [5.41, 5.74) is 0. The number of carbonyl (C=O) groups excluding carboxylic acids is 1. The van der Waals surface area contributed by atoms with Gasteiger partial charge in [0, 0.05) is 6.61 Å². The summed E-state index contributed by atoms with van der Waals surface area (Å²) >= 11 is 0. The number of carboxylic acid groups (broad SMARTS) is 1. The highest BCUT2D eigenvalue weighted by molar-refractivity contribution is 5.87. The van der Waals surface area contributed by atoms with Gasteiger partial charge < -0.3 is 15.2 Å². The lowest BCUT2D eigenvalue weighted by molar-refractivity contribution is -0.142. The summed E-state index contributed by atoms with van der Waals surface area (Å²) in [5.74, 6) is -1.41. The van der Waals surface area contributed by atoms with Crippen LogP contribution in [0.5, 0.6) is 0 Å². The molecular weight excluding hydrogens is 222 g/mol. The Bertz CT molecular complexity index is 314. The highest BCUT2D eigenvalue weighted by Crippen LogP contribution is 2.33. The summed E-state index contributed by atoms with van der Waals surface area (Å²) in [6, 6.07) is -0.846. The fourth-order valence-electron chi connectivity index (χ4n) is 1.62. The lowest BCUT2D eigenvalue weighted by atomic mass is 10.2. The average molecular weight is 241 g/mol. The minimum absolute atomic E-state index is 0.0313. The molecule has 3 atom stereocenters. The first-order valence-corrected chi connectivity index (χ1v) is 5.86. The van der Waals surface area contributed by atoms with Gasteiger partial charge in [-0.25, -0.2) is 4.79 Å². The SMILES string of the molecule is C/C=C/CC(NC(=O)C1CC1OCC)C(=O)O. The topological polar surface area (TPSA) is 75.6 Å². The zero-order valence-corrected chi connectivity index (χ0v) is 10.2. The maximum Gasteiger partial charge on any atom is 0.326 e. The molecule has 0 bridgehead atoms. The monoisotopic (exact) mass is 241 g/mol. The number of allylic oxidation sites excluding steroid dienone is 1. The van der Waals surface area contributed by atoms with Crippen molar-refractivity contribution in [2.75, 3.05) is 6.61 Å². The van der Waals surface area contributed by atoms with Crippen LogP contribution in [-0.2, 0) is 14.3 Å². The second-order valence-electron chi connectivity index (χ2n) is 4.04. The summed E-state index contributed by atoms with van der Waals surface area (Å²) in [6.07, 6.45) is 4.46. The molecule has 96 valence electrons. The van der Waals surface area contributed by atoms with Crippen molar-refractivity contribution in [3.63, 3.8) is 0 Å². The summed E-state index contributed by atoms with van der Waals surface area (Å²) in [7, 11) is 0. The van der Waals surface area contributed by atoms with E-state index in [9.17, 15) is 9.59 Å². The number of hydrogen-bond acceptors (Lipinski definition) is 3. The molecule has 1 aliphatic rings. The molecule has 3 unspecified atom stereocenters. The van der Waals surface area contributed by atoms with Gasteiger partial charge >= 0.3 is 5.97 Å². The molecule has 0 aliphatic heterocycles. The van der Waals surface area contributed by atoms with Gasteiger partial charge in [0.2, 0.25) is 5.91 Å². The number of nitrogens with one attached hydrogen (secondary N) is 1. The van der Waals surface area contributed by atoms with Crippen LogP contribution in [0.3, 0.4) is 0 Å². The largest absolute Gasteiger partial charge is 0.480 e. The third-order valence-electron chi connectivity index (χ3n) is 2.67. The molecule has 1 fully saturated rings. The van der Waals surface area contributed by atoms with Gasteiger partial charge in [-0.05, 0) is 26.7 Å². The maximum absolute atomic E-state index is 11.7. The van der Waals surface area contributed by atoms with E-state index < -0.39 is 12.0 Å². The summed E-state index contributed by atoms with van der Waals surface area (Å²) in [4.78, 5) is 22.6. The third-order valence-corrected chi connectivity index (χ3v) is 2.67. The molecule has 5 nitrogen and oxygen atoms in total. The van der Waals surface area contributed by atoms with Gasteiger partial charge in [0.05, 0.1) is 12.0 Å². The molecule has 0 heterocycles. The molecule has 1 aliphatic carbocycles. The van der Waals surface area contributed by atoms with Crippen molar-refractivity contribution in [1.29, 1.82) is 0 Å². The fraction of sp³-hybridized carbons (Fsp3) is 0.667. The lowest BCUT2D eigenvalue weighted by Crippen LogP contribution is -2.41. The second kappa shape index (κ2) is 6.39. The van der Waals surface area contributed by atoms with E-state index in [-0.39, 0.29) is 17.9 Å². The number of amides is 1. The van der Waals surface area contributed by atoms with Crippen molar-refractivity contribution in [3.05, 3.63) is 12.2 Å². The Morgan fingerprint density at radius 1 is 1.59 bits per heavy atom. The fourth-order valence-corrected chi connectivity index (χ4v) is 1.62. The number of carbonyl (C=O) groups is 2. The van der Waals surface area contributed by atoms with Gasteiger partial charge in [-0.1, -0.05) is 12.2 Å². The van der Waals surface area contributed by atoms with E-state index in [2.05, 4.69) is 5.32 Å². The standard InChI is InChI=1S/C12H19NO4/c1-3-5-6-9(12(15)16)13-11(14)8-7-10(8)17-4-2/h3,5,8-10H,4,6-7H2,1-2H3,(H,13,14)(H,15,16)/b5-3+. The summed E-state index contributed by atoms with van der Waals surface area (Å²) in [6.45, 7) is 4.27. The van der Waals surface area contributed by atoms with Crippen molar-refractivity contribution in [3.8, 4) is 0 Å². The molecule has 0 aromatic carbocycles. The smallest absolute Gasteiger partial charge is 0.326 e. The van der Waals surface area contributed by atoms with Crippen LogP contribution in [0, 0.1) is 5.92 Å². The molecule has 1 amide bonds. The van der Waals surface area contributed by atoms with Gasteiger partial charge in [-0.15, -0.1) is 0 Å². The van der Waals surface area contributed by atoms with E-state index >= 15 is 0 Å². The Balaban J connectivity index is 2.40. The molecule has 1 saturated carbocycles. The van der Waals surface area contributed by atoms with Crippen molar-refractivity contribution in [2.45, 2.75) is 38.8 Å². The molecule has 1 rings (SSSR count). The zero-order valence-electron chi connectivity index (χ0n) is 10.2. The van der Waals surface area contributed by atoms with Crippen LogP contribution in [-0.4, -0.2) is 35.7 Å². The quantitative estimate of drug-likeness (QED) is 0.651. The summed E-state index contributed by atoms with van der Waals surface area (Å²) in [5, 5.41) is 11.5. The van der Waals surface area contributed by atoms with E-state index in [4.69, 9.17) is 9.84 Å². The van der Waals surface area contributed by atoms with Crippen LogP contribution in [0.2, 0.25) is 0 Å². The first-order valence-electron chi connectivity index (χ1n) is 5.86. The van der Waals surface area contributed by atoms with E-state index in [1.165, 1.54) is 0 Å². The molecule has 5 heteroatoms. The number of rotatable bonds is 7.